The van der Waals surface area contributed by atoms with E-state index >= 15 is 0 Å². The zero-order valence-corrected chi connectivity index (χ0v) is 11.6. The van der Waals surface area contributed by atoms with E-state index in [0.29, 0.717) is 0 Å². The average molecular weight is 252 g/mol. The quantitative estimate of drug-likeness (QED) is 0.658. The maximum atomic E-state index is 12.1. The SMILES string of the molecule is CC(=O)N1C(=O)N(C(C)=O)C2C1CC2C(C)(C)C. The van der Waals surface area contributed by atoms with Crippen LogP contribution in [0.2, 0.25) is 0 Å². The van der Waals surface area contributed by atoms with Crippen molar-refractivity contribution < 1.29 is 14.4 Å². The lowest BCUT2D eigenvalue weighted by atomic mass is 9.62. The van der Waals surface area contributed by atoms with E-state index in [0.717, 1.165) is 6.42 Å². The minimum absolute atomic E-state index is 0.0297. The van der Waals surface area contributed by atoms with E-state index in [-0.39, 0.29) is 35.2 Å². The van der Waals surface area contributed by atoms with E-state index < -0.39 is 6.03 Å². The van der Waals surface area contributed by atoms with Gasteiger partial charge in [0.15, 0.2) is 0 Å². The molecule has 2 rings (SSSR count). The van der Waals surface area contributed by atoms with Gasteiger partial charge in [0.25, 0.3) is 0 Å². The third-order valence-corrected chi connectivity index (χ3v) is 4.13. The summed E-state index contributed by atoms with van der Waals surface area (Å²) in [6.45, 7) is 9.08. The summed E-state index contributed by atoms with van der Waals surface area (Å²) in [7, 11) is 0. The number of hydrogen-bond donors (Lipinski definition) is 0. The van der Waals surface area contributed by atoms with Gasteiger partial charge in [0, 0.05) is 13.8 Å². The van der Waals surface area contributed by atoms with Crippen molar-refractivity contribution in [2.24, 2.45) is 11.3 Å². The molecule has 2 aliphatic rings. The monoisotopic (exact) mass is 252 g/mol. The van der Waals surface area contributed by atoms with E-state index in [1.165, 1.54) is 23.6 Å². The molecule has 4 amide bonds. The minimum Gasteiger partial charge on any atom is -0.275 e. The van der Waals surface area contributed by atoms with Gasteiger partial charge in [0.2, 0.25) is 11.8 Å². The van der Waals surface area contributed by atoms with Gasteiger partial charge < -0.3 is 0 Å². The molecular weight excluding hydrogens is 232 g/mol. The van der Waals surface area contributed by atoms with Crippen LogP contribution in [0, 0.1) is 11.3 Å². The van der Waals surface area contributed by atoms with Crippen LogP contribution < -0.4 is 0 Å². The van der Waals surface area contributed by atoms with E-state index in [1.807, 2.05) is 0 Å². The van der Waals surface area contributed by atoms with E-state index in [4.69, 9.17) is 0 Å². The smallest absolute Gasteiger partial charge is 0.275 e. The summed E-state index contributed by atoms with van der Waals surface area (Å²) in [6, 6.07) is -0.709. The second-order valence-electron chi connectivity index (χ2n) is 6.33. The molecule has 3 atom stereocenters. The van der Waals surface area contributed by atoms with Gasteiger partial charge in [-0.15, -0.1) is 0 Å². The average Bonchev–Trinajstić information content (AvgIpc) is 2.35. The fourth-order valence-corrected chi connectivity index (χ4v) is 3.19. The van der Waals surface area contributed by atoms with E-state index in [9.17, 15) is 14.4 Å². The molecular formula is C13H20N2O3. The summed E-state index contributed by atoms with van der Waals surface area (Å²) in [5.41, 5.74) is 0.0297. The summed E-state index contributed by atoms with van der Waals surface area (Å²) >= 11 is 0. The first-order valence-electron chi connectivity index (χ1n) is 6.30. The molecule has 1 heterocycles. The maximum Gasteiger partial charge on any atom is 0.334 e. The molecule has 100 valence electrons. The third kappa shape index (κ3) is 1.64. The fraction of sp³-hybridized carbons (Fsp3) is 0.769. The molecule has 1 saturated carbocycles. The van der Waals surface area contributed by atoms with Crippen molar-refractivity contribution >= 4 is 17.8 Å². The van der Waals surface area contributed by atoms with Crippen LogP contribution >= 0.6 is 0 Å². The number of nitrogens with zero attached hydrogens (tertiary/aromatic N) is 2. The molecule has 0 aromatic heterocycles. The molecule has 5 heteroatoms. The number of carbonyl (C=O) groups is 3. The first-order valence-corrected chi connectivity index (χ1v) is 6.30. The number of carbonyl (C=O) groups excluding carboxylic acids is 3. The number of urea groups is 1. The van der Waals surface area contributed by atoms with Gasteiger partial charge in [0.1, 0.15) is 0 Å². The van der Waals surface area contributed by atoms with Crippen LogP contribution in [0.15, 0.2) is 0 Å². The van der Waals surface area contributed by atoms with Gasteiger partial charge >= 0.3 is 6.03 Å². The molecule has 3 unspecified atom stereocenters. The Bertz CT molecular complexity index is 424. The Hall–Kier alpha value is -1.39. The molecule has 0 aromatic carbocycles. The Kier molecular flexibility index (Phi) is 2.76. The lowest BCUT2D eigenvalue weighted by Gasteiger charge is -2.49. The second-order valence-corrected chi connectivity index (χ2v) is 6.33. The van der Waals surface area contributed by atoms with E-state index in [2.05, 4.69) is 20.8 Å². The molecule has 0 N–H and O–H groups in total. The number of fused-ring (bicyclic) bond motifs is 1. The van der Waals surface area contributed by atoms with Crippen molar-refractivity contribution in [2.45, 2.75) is 53.1 Å². The van der Waals surface area contributed by atoms with E-state index in [1.54, 1.807) is 0 Å². The van der Waals surface area contributed by atoms with Gasteiger partial charge in [-0.25, -0.2) is 4.79 Å². The van der Waals surface area contributed by atoms with Crippen molar-refractivity contribution in [3.05, 3.63) is 0 Å². The van der Waals surface area contributed by atoms with Gasteiger partial charge in [-0.2, -0.15) is 0 Å². The lowest BCUT2D eigenvalue weighted by Crippen LogP contribution is -2.59. The van der Waals surface area contributed by atoms with Crippen molar-refractivity contribution in [3.63, 3.8) is 0 Å². The Morgan fingerprint density at radius 2 is 1.61 bits per heavy atom. The normalized spacial score (nSPS) is 31.2. The Balaban J connectivity index is 2.34. The predicted molar refractivity (Wildman–Crippen MR) is 65.6 cm³/mol. The molecule has 0 spiro atoms. The van der Waals surface area contributed by atoms with Crippen LogP contribution in [0.25, 0.3) is 0 Å². The molecule has 18 heavy (non-hydrogen) atoms. The van der Waals surface area contributed by atoms with Gasteiger partial charge in [-0.3, -0.25) is 19.4 Å². The first kappa shape index (κ1) is 13.1. The van der Waals surface area contributed by atoms with Gasteiger partial charge in [-0.1, -0.05) is 20.8 Å². The highest BCUT2D eigenvalue weighted by Crippen LogP contribution is 2.50. The fourth-order valence-electron chi connectivity index (χ4n) is 3.19. The summed E-state index contributed by atoms with van der Waals surface area (Å²) in [5, 5.41) is 0. The van der Waals surface area contributed by atoms with Crippen molar-refractivity contribution in [1.82, 2.24) is 9.80 Å². The first-order chi connectivity index (χ1) is 8.16. The van der Waals surface area contributed by atoms with Crippen molar-refractivity contribution in [2.75, 3.05) is 0 Å². The predicted octanol–water partition coefficient (Wildman–Crippen LogP) is 1.62. The minimum atomic E-state index is -0.447. The number of hydrogen-bond acceptors (Lipinski definition) is 3. The van der Waals surface area contributed by atoms with Gasteiger partial charge in [0.05, 0.1) is 12.1 Å². The number of amides is 4. The second kappa shape index (κ2) is 3.80. The summed E-state index contributed by atoms with van der Waals surface area (Å²) in [6.07, 6.45) is 0.795. The molecule has 1 aliphatic heterocycles. The molecule has 1 saturated heterocycles. The zero-order valence-electron chi connectivity index (χ0n) is 11.6. The van der Waals surface area contributed by atoms with Crippen LogP contribution in [-0.4, -0.2) is 39.7 Å². The summed E-state index contributed by atoms with van der Waals surface area (Å²) in [4.78, 5) is 37.8. The molecule has 5 nitrogen and oxygen atoms in total. The topological polar surface area (TPSA) is 57.7 Å². The number of rotatable bonds is 0. The molecule has 0 bridgehead atoms. The standard InChI is InChI=1S/C13H20N2O3/c1-7(16)14-10-6-9(13(3,4)5)11(10)15(8(2)17)12(14)18/h9-11H,6H2,1-5H3. The molecule has 2 fully saturated rings. The Morgan fingerprint density at radius 1 is 1.11 bits per heavy atom. The molecule has 0 aromatic rings. The van der Waals surface area contributed by atoms with Crippen molar-refractivity contribution in [3.8, 4) is 0 Å². The highest BCUT2D eigenvalue weighted by atomic mass is 16.2. The highest BCUT2D eigenvalue weighted by molar-refractivity contribution is 6.04. The summed E-state index contributed by atoms with van der Waals surface area (Å²) in [5.74, 6) is -0.279. The third-order valence-electron chi connectivity index (χ3n) is 4.13. The Morgan fingerprint density at radius 3 is 2.00 bits per heavy atom. The largest absolute Gasteiger partial charge is 0.334 e. The lowest BCUT2D eigenvalue weighted by molar-refractivity contribution is -0.133. The zero-order chi connectivity index (χ0) is 13.8. The van der Waals surface area contributed by atoms with Crippen LogP contribution in [-0.2, 0) is 9.59 Å². The summed E-state index contributed by atoms with van der Waals surface area (Å²) < 4.78 is 0. The van der Waals surface area contributed by atoms with Crippen LogP contribution in [0.4, 0.5) is 4.79 Å². The van der Waals surface area contributed by atoms with Crippen LogP contribution in [0.3, 0.4) is 0 Å². The van der Waals surface area contributed by atoms with Crippen LogP contribution in [0.5, 0.6) is 0 Å². The maximum absolute atomic E-state index is 12.1. The van der Waals surface area contributed by atoms with Crippen LogP contribution in [0.1, 0.15) is 41.0 Å². The highest BCUT2D eigenvalue weighted by Gasteiger charge is 2.61. The molecule has 0 radical (unpaired) electrons. The van der Waals surface area contributed by atoms with Crippen molar-refractivity contribution in [1.29, 1.82) is 0 Å². The number of imide groups is 2. The Labute approximate surface area is 107 Å². The molecule has 1 aliphatic carbocycles. The van der Waals surface area contributed by atoms with Gasteiger partial charge in [-0.05, 0) is 17.8 Å².